The Labute approximate surface area is 175 Å². The molecule has 1 aliphatic heterocycles. The third-order valence-corrected chi connectivity index (χ3v) is 5.46. The minimum Gasteiger partial charge on any atom is -0.507 e. The molecule has 1 aliphatic rings. The number of amidine groups is 1. The summed E-state index contributed by atoms with van der Waals surface area (Å²) in [5, 5.41) is 20.2. The standard InChI is InChI=1S/C19H14Cl2N2O4S/c1-2-23-17(25)16(7-10-3-4-11(20)8-14(10)21)28-19(23)22-12-5-6-13(18(26)27)15(24)9-12/h3-9,24H,2H2,1H3,(H,26,27)/b16-7-,22-19?. The van der Waals surface area contributed by atoms with E-state index < -0.39 is 11.7 Å². The predicted molar refractivity (Wildman–Crippen MR) is 112 cm³/mol. The molecule has 0 spiro atoms. The van der Waals surface area contributed by atoms with Gasteiger partial charge in [-0.1, -0.05) is 29.3 Å². The molecule has 0 aromatic heterocycles. The zero-order chi connectivity index (χ0) is 20.4. The molecule has 0 bridgehead atoms. The zero-order valence-electron chi connectivity index (χ0n) is 14.5. The van der Waals surface area contributed by atoms with Gasteiger partial charge in [-0.3, -0.25) is 9.69 Å². The Morgan fingerprint density at radius 2 is 2.00 bits per heavy atom. The second-order valence-corrected chi connectivity index (χ2v) is 7.58. The van der Waals surface area contributed by atoms with Crippen LogP contribution >= 0.6 is 35.0 Å². The molecule has 0 saturated carbocycles. The third kappa shape index (κ3) is 4.16. The average Bonchev–Trinajstić information content (AvgIpc) is 2.91. The van der Waals surface area contributed by atoms with Crippen molar-refractivity contribution in [3.63, 3.8) is 0 Å². The number of carboxylic acids is 1. The van der Waals surface area contributed by atoms with Crippen molar-refractivity contribution in [1.29, 1.82) is 0 Å². The van der Waals surface area contributed by atoms with Gasteiger partial charge >= 0.3 is 5.97 Å². The molecule has 0 atom stereocenters. The summed E-state index contributed by atoms with van der Waals surface area (Å²) in [6.45, 7) is 2.22. The number of aromatic carboxylic acids is 1. The largest absolute Gasteiger partial charge is 0.507 e. The molecule has 1 heterocycles. The number of amides is 1. The van der Waals surface area contributed by atoms with Crippen molar-refractivity contribution in [2.24, 2.45) is 4.99 Å². The van der Waals surface area contributed by atoms with Gasteiger partial charge in [-0.2, -0.15) is 0 Å². The van der Waals surface area contributed by atoms with E-state index in [4.69, 9.17) is 28.3 Å². The van der Waals surface area contributed by atoms with Gasteiger partial charge in [-0.25, -0.2) is 9.79 Å². The van der Waals surface area contributed by atoms with Crippen molar-refractivity contribution in [1.82, 2.24) is 4.90 Å². The lowest BCUT2D eigenvalue weighted by atomic mass is 10.2. The number of nitrogens with zero attached hydrogens (tertiary/aromatic N) is 2. The number of hydrogen-bond acceptors (Lipinski definition) is 5. The number of carbonyl (C=O) groups excluding carboxylic acids is 1. The number of carboxylic acid groups (broad SMARTS) is 1. The van der Waals surface area contributed by atoms with Crippen molar-refractivity contribution in [2.75, 3.05) is 6.54 Å². The summed E-state index contributed by atoms with van der Waals surface area (Å²) in [7, 11) is 0. The smallest absolute Gasteiger partial charge is 0.339 e. The van der Waals surface area contributed by atoms with E-state index in [2.05, 4.69) is 4.99 Å². The molecule has 144 valence electrons. The minimum atomic E-state index is -1.23. The monoisotopic (exact) mass is 436 g/mol. The molecule has 6 nitrogen and oxygen atoms in total. The van der Waals surface area contributed by atoms with Crippen LogP contribution in [0.2, 0.25) is 10.0 Å². The van der Waals surface area contributed by atoms with Crippen LogP contribution in [0.15, 0.2) is 46.3 Å². The summed E-state index contributed by atoms with van der Waals surface area (Å²) in [6.07, 6.45) is 1.67. The highest BCUT2D eigenvalue weighted by atomic mass is 35.5. The highest BCUT2D eigenvalue weighted by molar-refractivity contribution is 8.18. The van der Waals surface area contributed by atoms with E-state index in [1.54, 1.807) is 24.3 Å². The van der Waals surface area contributed by atoms with Crippen LogP contribution in [0.3, 0.4) is 0 Å². The lowest BCUT2D eigenvalue weighted by molar-refractivity contribution is -0.122. The number of carbonyl (C=O) groups is 2. The van der Waals surface area contributed by atoms with Crippen LogP contribution in [0.5, 0.6) is 5.75 Å². The summed E-state index contributed by atoms with van der Waals surface area (Å²) in [5.41, 5.74) is 0.772. The van der Waals surface area contributed by atoms with E-state index >= 15 is 0 Å². The van der Waals surface area contributed by atoms with Crippen LogP contribution in [-0.4, -0.2) is 38.7 Å². The SMILES string of the molecule is CCN1C(=O)/C(=C/c2ccc(Cl)cc2Cl)SC1=Nc1ccc(C(=O)O)c(O)c1. The summed E-state index contributed by atoms with van der Waals surface area (Å²) in [4.78, 5) is 30.0. The number of phenols is 1. The fraction of sp³-hybridized carbons (Fsp3) is 0.105. The van der Waals surface area contributed by atoms with Crippen LogP contribution in [0.1, 0.15) is 22.8 Å². The molecule has 2 N–H and O–H groups in total. The van der Waals surface area contributed by atoms with Crippen LogP contribution in [0, 0.1) is 0 Å². The minimum absolute atomic E-state index is 0.218. The number of benzene rings is 2. The van der Waals surface area contributed by atoms with Crippen LogP contribution in [-0.2, 0) is 4.79 Å². The Bertz CT molecular complexity index is 1040. The lowest BCUT2D eigenvalue weighted by Crippen LogP contribution is -2.28. The van der Waals surface area contributed by atoms with E-state index in [0.29, 0.717) is 37.9 Å². The van der Waals surface area contributed by atoms with E-state index in [1.807, 2.05) is 6.92 Å². The molecule has 1 saturated heterocycles. The fourth-order valence-electron chi connectivity index (χ4n) is 2.51. The van der Waals surface area contributed by atoms with Crippen molar-refractivity contribution in [3.8, 4) is 5.75 Å². The Morgan fingerprint density at radius 3 is 2.61 bits per heavy atom. The maximum Gasteiger partial charge on any atom is 0.339 e. The summed E-state index contributed by atoms with van der Waals surface area (Å²) in [5.74, 6) is -1.85. The van der Waals surface area contributed by atoms with Gasteiger partial charge in [0.05, 0.1) is 10.6 Å². The first-order chi connectivity index (χ1) is 13.3. The van der Waals surface area contributed by atoms with Gasteiger partial charge in [0.15, 0.2) is 5.17 Å². The first-order valence-corrected chi connectivity index (χ1v) is 9.69. The van der Waals surface area contributed by atoms with Crippen LogP contribution in [0.25, 0.3) is 6.08 Å². The van der Waals surface area contributed by atoms with Crippen molar-refractivity contribution >= 4 is 63.8 Å². The highest BCUT2D eigenvalue weighted by Crippen LogP contribution is 2.36. The molecule has 2 aromatic rings. The Hall–Kier alpha value is -2.48. The lowest BCUT2D eigenvalue weighted by Gasteiger charge is -2.12. The number of halogens is 2. The Morgan fingerprint density at radius 1 is 1.25 bits per heavy atom. The summed E-state index contributed by atoms with van der Waals surface area (Å²) in [6, 6.07) is 8.97. The van der Waals surface area contributed by atoms with E-state index in [0.717, 1.165) is 0 Å². The fourth-order valence-corrected chi connectivity index (χ4v) is 4.03. The van der Waals surface area contributed by atoms with Gasteiger partial charge in [-0.05, 0) is 54.6 Å². The van der Waals surface area contributed by atoms with Gasteiger partial charge in [0.2, 0.25) is 0 Å². The summed E-state index contributed by atoms with van der Waals surface area (Å²) < 4.78 is 0. The van der Waals surface area contributed by atoms with Crippen molar-refractivity contribution < 1.29 is 19.8 Å². The average molecular weight is 437 g/mol. The number of thioether (sulfide) groups is 1. The van der Waals surface area contributed by atoms with Crippen molar-refractivity contribution in [2.45, 2.75) is 6.92 Å². The highest BCUT2D eigenvalue weighted by Gasteiger charge is 2.32. The van der Waals surface area contributed by atoms with E-state index in [1.165, 1.54) is 34.9 Å². The molecule has 1 amide bonds. The van der Waals surface area contributed by atoms with Gasteiger partial charge < -0.3 is 10.2 Å². The first kappa shape index (κ1) is 20.3. The Balaban J connectivity index is 1.95. The van der Waals surface area contributed by atoms with Crippen LogP contribution in [0.4, 0.5) is 5.69 Å². The number of rotatable bonds is 4. The molecule has 0 unspecified atom stereocenters. The predicted octanol–water partition coefficient (Wildman–Crippen LogP) is 5.02. The molecule has 0 aliphatic carbocycles. The van der Waals surface area contributed by atoms with Gasteiger partial charge in [0.1, 0.15) is 11.3 Å². The quantitative estimate of drug-likeness (QED) is 0.656. The van der Waals surface area contributed by atoms with E-state index in [9.17, 15) is 14.7 Å². The zero-order valence-corrected chi connectivity index (χ0v) is 16.8. The number of hydrogen-bond donors (Lipinski definition) is 2. The molecule has 9 heteroatoms. The van der Waals surface area contributed by atoms with Gasteiger partial charge in [-0.15, -0.1) is 0 Å². The number of aliphatic imine (C=N–C) groups is 1. The number of aromatic hydroxyl groups is 1. The molecule has 0 radical (unpaired) electrons. The molecule has 2 aromatic carbocycles. The molecular formula is C19H14Cl2N2O4S. The third-order valence-electron chi connectivity index (χ3n) is 3.89. The molecule has 3 rings (SSSR count). The molecular weight excluding hydrogens is 423 g/mol. The normalized spacial score (nSPS) is 17.0. The first-order valence-electron chi connectivity index (χ1n) is 8.11. The maximum atomic E-state index is 12.7. The van der Waals surface area contributed by atoms with E-state index in [-0.39, 0.29) is 11.5 Å². The maximum absolute atomic E-state index is 12.7. The second-order valence-electron chi connectivity index (χ2n) is 5.73. The van der Waals surface area contributed by atoms with Crippen molar-refractivity contribution in [3.05, 3.63) is 62.5 Å². The van der Waals surface area contributed by atoms with Gasteiger partial charge in [0.25, 0.3) is 5.91 Å². The second kappa shape index (κ2) is 8.26. The summed E-state index contributed by atoms with van der Waals surface area (Å²) >= 11 is 13.3. The molecule has 28 heavy (non-hydrogen) atoms. The van der Waals surface area contributed by atoms with Crippen LogP contribution < -0.4 is 0 Å². The number of likely N-dealkylation sites (N-methyl/N-ethyl adjacent to an activating group) is 1. The topological polar surface area (TPSA) is 90.2 Å². The van der Waals surface area contributed by atoms with Gasteiger partial charge in [0, 0.05) is 22.7 Å². The Kier molecular flexibility index (Phi) is 5.98. The molecule has 1 fully saturated rings.